The minimum absolute atomic E-state index is 0.0961. The third-order valence-corrected chi connectivity index (χ3v) is 2.14. The molecule has 0 spiro atoms. The van der Waals surface area contributed by atoms with Crippen LogP contribution in [0.25, 0.3) is 0 Å². The van der Waals surface area contributed by atoms with E-state index in [1.165, 1.54) is 26.5 Å². The molecular weight excluding hydrogens is 264 g/mol. The Labute approximate surface area is 117 Å². The Morgan fingerprint density at radius 1 is 1.25 bits per heavy atom. The number of hydrogen-bond acceptors (Lipinski definition) is 6. The lowest BCUT2D eigenvalue weighted by Crippen LogP contribution is -2.28. The minimum atomic E-state index is -0.714. The molecule has 0 bridgehead atoms. The van der Waals surface area contributed by atoms with Crippen molar-refractivity contribution in [3.63, 3.8) is 0 Å². The second kappa shape index (κ2) is 6.23. The van der Waals surface area contributed by atoms with Crippen molar-refractivity contribution in [1.29, 1.82) is 0 Å². The summed E-state index contributed by atoms with van der Waals surface area (Å²) in [5, 5.41) is 2.45. The third-order valence-electron chi connectivity index (χ3n) is 2.14. The zero-order valence-corrected chi connectivity index (χ0v) is 12.1. The van der Waals surface area contributed by atoms with Gasteiger partial charge in [0, 0.05) is 6.20 Å². The van der Waals surface area contributed by atoms with Crippen LogP contribution in [0.3, 0.4) is 0 Å². The Morgan fingerprint density at radius 2 is 1.90 bits per heavy atom. The first-order valence-electron chi connectivity index (χ1n) is 5.90. The van der Waals surface area contributed by atoms with Crippen LogP contribution in [0.5, 0.6) is 5.88 Å². The number of nitrogens with zero attached hydrogens (tertiary/aromatic N) is 1. The first-order chi connectivity index (χ1) is 9.28. The molecule has 1 rings (SSSR count). The van der Waals surface area contributed by atoms with E-state index in [9.17, 15) is 9.59 Å². The van der Waals surface area contributed by atoms with Crippen molar-refractivity contribution in [2.45, 2.75) is 26.4 Å². The van der Waals surface area contributed by atoms with Crippen LogP contribution in [0, 0.1) is 0 Å². The van der Waals surface area contributed by atoms with Crippen LogP contribution < -0.4 is 10.1 Å². The van der Waals surface area contributed by atoms with Crippen molar-refractivity contribution in [1.82, 2.24) is 4.98 Å². The molecule has 0 saturated heterocycles. The quantitative estimate of drug-likeness (QED) is 0.855. The number of carbonyl (C=O) groups is 2. The zero-order chi connectivity index (χ0) is 15.3. The highest BCUT2D eigenvalue weighted by molar-refractivity contribution is 6.01. The number of amides is 1. The molecule has 110 valence electrons. The summed E-state index contributed by atoms with van der Waals surface area (Å²) in [5.74, 6) is -0.518. The Hall–Kier alpha value is -2.31. The summed E-state index contributed by atoms with van der Waals surface area (Å²) in [6.45, 7) is 5.19. The van der Waals surface area contributed by atoms with Crippen molar-refractivity contribution >= 4 is 17.7 Å². The summed E-state index contributed by atoms with van der Waals surface area (Å²) in [6.07, 6.45) is 0.666. The maximum Gasteiger partial charge on any atom is 0.412 e. The van der Waals surface area contributed by atoms with E-state index in [-0.39, 0.29) is 17.1 Å². The Balaban J connectivity index is 3.08. The number of pyridine rings is 1. The van der Waals surface area contributed by atoms with Gasteiger partial charge in [-0.3, -0.25) is 5.32 Å². The molecule has 0 radical (unpaired) electrons. The highest BCUT2D eigenvalue weighted by atomic mass is 16.6. The van der Waals surface area contributed by atoms with Crippen LogP contribution in [0.4, 0.5) is 10.5 Å². The number of nitrogens with one attached hydrogen (secondary N) is 1. The molecule has 1 amide bonds. The van der Waals surface area contributed by atoms with Crippen molar-refractivity contribution in [3.05, 3.63) is 17.8 Å². The fraction of sp³-hybridized carbons (Fsp3) is 0.462. The van der Waals surface area contributed by atoms with Gasteiger partial charge >= 0.3 is 12.1 Å². The van der Waals surface area contributed by atoms with Crippen molar-refractivity contribution < 1.29 is 23.8 Å². The van der Waals surface area contributed by atoms with Gasteiger partial charge in [0.2, 0.25) is 5.88 Å². The van der Waals surface area contributed by atoms with Gasteiger partial charge in [-0.05, 0) is 26.8 Å². The second-order valence-electron chi connectivity index (χ2n) is 4.86. The fourth-order valence-corrected chi connectivity index (χ4v) is 1.40. The predicted molar refractivity (Wildman–Crippen MR) is 72.0 cm³/mol. The predicted octanol–water partition coefficient (Wildman–Crippen LogP) is 2.22. The topological polar surface area (TPSA) is 86.8 Å². The summed E-state index contributed by atoms with van der Waals surface area (Å²) < 4.78 is 14.8. The standard InChI is InChI=1S/C13H18N2O5/c1-13(2,3)20-12(17)15-9-8(11(16)19-5)6-7-14-10(9)18-4/h6-7H,1-5H3,(H,15,17). The van der Waals surface area contributed by atoms with Gasteiger partial charge < -0.3 is 14.2 Å². The average Bonchev–Trinajstić information content (AvgIpc) is 2.35. The highest BCUT2D eigenvalue weighted by Gasteiger charge is 2.22. The number of esters is 1. The molecule has 0 saturated carbocycles. The van der Waals surface area contributed by atoms with Gasteiger partial charge in [-0.1, -0.05) is 0 Å². The minimum Gasteiger partial charge on any atom is -0.479 e. The first-order valence-corrected chi connectivity index (χ1v) is 5.90. The monoisotopic (exact) mass is 282 g/mol. The van der Waals surface area contributed by atoms with Crippen LogP contribution in [-0.2, 0) is 9.47 Å². The smallest absolute Gasteiger partial charge is 0.412 e. The SMILES string of the molecule is COC(=O)c1ccnc(OC)c1NC(=O)OC(C)(C)C. The highest BCUT2D eigenvalue weighted by Crippen LogP contribution is 2.27. The lowest BCUT2D eigenvalue weighted by molar-refractivity contribution is 0.0601. The Morgan fingerprint density at radius 3 is 2.40 bits per heavy atom. The van der Waals surface area contributed by atoms with Crippen LogP contribution >= 0.6 is 0 Å². The molecule has 1 aromatic heterocycles. The molecule has 0 aromatic carbocycles. The molecule has 0 atom stereocenters. The van der Waals surface area contributed by atoms with Crippen LogP contribution in [0.1, 0.15) is 31.1 Å². The van der Waals surface area contributed by atoms with Crippen LogP contribution in [0.2, 0.25) is 0 Å². The molecule has 7 heteroatoms. The molecule has 20 heavy (non-hydrogen) atoms. The lowest BCUT2D eigenvalue weighted by atomic mass is 10.2. The van der Waals surface area contributed by atoms with E-state index < -0.39 is 17.7 Å². The first kappa shape index (κ1) is 15.7. The van der Waals surface area contributed by atoms with E-state index in [0.717, 1.165) is 0 Å². The van der Waals surface area contributed by atoms with E-state index in [1.54, 1.807) is 20.8 Å². The van der Waals surface area contributed by atoms with Crippen LogP contribution in [0.15, 0.2) is 12.3 Å². The third kappa shape index (κ3) is 4.11. The molecule has 0 unspecified atom stereocenters. The van der Waals surface area contributed by atoms with Crippen molar-refractivity contribution in [2.24, 2.45) is 0 Å². The van der Waals surface area contributed by atoms with Gasteiger partial charge in [0.15, 0.2) is 0 Å². The summed E-state index contributed by atoms with van der Waals surface area (Å²) in [6, 6.07) is 1.42. The maximum atomic E-state index is 11.8. The molecule has 7 nitrogen and oxygen atoms in total. The Kier molecular flexibility index (Phi) is 4.90. The number of carbonyl (C=O) groups excluding carboxylic acids is 2. The van der Waals surface area contributed by atoms with E-state index >= 15 is 0 Å². The molecular formula is C13H18N2O5. The number of rotatable bonds is 3. The summed E-state index contributed by atoms with van der Waals surface area (Å²) in [7, 11) is 2.62. The maximum absolute atomic E-state index is 11.8. The summed E-state index contributed by atoms with van der Waals surface area (Å²) in [4.78, 5) is 27.4. The Bertz CT molecular complexity index is 508. The molecule has 0 fully saturated rings. The van der Waals surface area contributed by atoms with Gasteiger partial charge in [-0.2, -0.15) is 0 Å². The largest absolute Gasteiger partial charge is 0.479 e. The molecule has 1 N–H and O–H groups in total. The number of methoxy groups -OCH3 is 2. The van der Waals surface area contributed by atoms with Gasteiger partial charge in [0.05, 0.1) is 19.8 Å². The van der Waals surface area contributed by atoms with Gasteiger partial charge in [-0.25, -0.2) is 14.6 Å². The fourth-order valence-electron chi connectivity index (χ4n) is 1.40. The molecule has 0 aliphatic rings. The van der Waals surface area contributed by atoms with E-state index in [4.69, 9.17) is 9.47 Å². The van der Waals surface area contributed by atoms with E-state index in [1.807, 2.05) is 0 Å². The second-order valence-corrected chi connectivity index (χ2v) is 4.86. The number of anilines is 1. The number of hydrogen-bond donors (Lipinski definition) is 1. The molecule has 0 aliphatic carbocycles. The normalized spacial score (nSPS) is 10.7. The van der Waals surface area contributed by atoms with Gasteiger partial charge in [0.1, 0.15) is 11.3 Å². The van der Waals surface area contributed by atoms with E-state index in [2.05, 4.69) is 15.0 Å². The zero-order valence-electron chi connectivity index (χ0n) is 12.1. The number of ether oxygens (including phenoxy) is 3. The summed E-state index contributed by atoms with van der Waals surface area (Å²) in [5.41, 5.74) is -0.424. The van der Waals surface area contributed by atoms with Crippen molar-refractivity contribution in [2.75, 3.05) is 19.5 Å². The summed E-state index contributed by atoms with van der Waals surface area (Å²) >= 11 is 0. The van der Waals surface area contributed by atoms with E-state index in [0.29, 0.717) is 0 Å². The lowest BCUT2D eigenvalue weighted by Gasteiger charge is -2.20. The average molecular weight is 282 g/mol. The van der Waals surface area contributed by atoms with Crippen LogP contribution in [-0.4, -0.2) is 36.9 Å². The molecule has 1 aromatic rings. The molecule has 0 aliphatic heterocycles. The number of aromatic nitrogens is 1. The van der Waals surface area contributed by atoms with Gasteiger partial charge in [-0.15, -0.1) is 0 Å². The van der Waals surface area contributed by atoms with Crippen molar-refractivity contribution in [3.8, 4) is 5.88 Å². The van der Waals surface area contributed by atoms with Gasteiger partial charge in [0.25, 0.3) is 0 Å². The molecule has 1 heterocycles.